The number of halogens is 1. The predicted molar refractivity (Wildman–Crippen MR) is 76.2 cm³/mol. The van der Waals surface area contributed by atoms with Gasteiger partial charge in [-0.15, -0.1) is 0 Å². The minimum atomic E-state index is -0.390. The number of hydrogen-bond donors (Lipinski definition) is 1. The minimum Gasteiger partial charge on any atom is -0.353 e. The van der Waals surface area contributed by atoms with Gasteiger partial charge >= 0.3 is 5.00 Å². The summed E-state index contributed by atoms with van der Waals surface area (Å²) >= 11 is 4.35. The molecule has 2 heterocycles. The zero-order valence-electron chi connectivity index (χ0n) is 10.4. The van der Waals surface area contributed by atoms with E-state index in [1.165, 1.54) is 0 Å². The number of nitrogens with one attached hydrogen (secondary N) is 1. The van der Waals surface area contributed by atoms with Crippen LogP contribution in [0.2, 0.25) is 0 Å². The average molecular weight is 348 g/mol. The van der Waals surface area contributed by atoms with Gasteiger partial charge in [0.25, 0.3) is 0 Å². The monoisotopic (exact) mass is 347 g/mol. The molecule has 1 amide bonds. The molecule has 1 saturated heterocycles. The Bertz CT molecular complexity index is 505. The zero-order valence-corrected chi connectivity index (χ0v) is 12.8. The van der Waals surface area contributed by atoms with E-state index < -0.39 is 4.92 Å². The summed E-state index contributed by atoms with van der Waals surface area (Å²) in [7, 11) is 0. The van der Waals surface area contributed by atoms with Crippen LogP contribution < -0.4 is 5.32 Å². The maximum atomic E-state index is 11.7. The standard InChI is InChI=1S/C11H14BrN3O3S/c1-2-9-10(16)13-3-4-14(9)6-7-5-8(12)11(19-7)15(17)18/h5,9H,2-4,6H2,1H3,(H,13,16). The predicted octanol–water partition coefficient (Wildman–Crippen LogP) is 2.13. The molecule has 19 heavy (non-hydrogen) atoms. The number of rotatable bonds is 4. The highest BCUT2D eigenvalue weighted by molar-refractivity contribution is 9.10. The first-order valence-electron chi connectivity index (χ1n) is 5.97. The van der Waals surface area contributed by atoms with E-state index in [0.717, 1.165) is 29.2 Å². The molecule has 0 aliphatic carbocycles. The summed E-state index contributed by atoms with van der Waals surface area (Å²) in [5.41, 5.74) is 0. The Labute approximate surface area is 123 Å². The number of thiophene rings is 1. The van der Waals surface area contributed by atoms with Crippen LogP contribution in [0.5, 0.6) is 0 Å². The first-order valence-corrected chi connectivity index (χ1v) is 7.58. The second-order valence-electron chi connectivity index (χ2n) is 4.31. The second kappa shape index (κ2) is 5.98. The lowest BCUT2D eigenvalue weighted by molar-refractivity contribution is -0.380. The molecule has 0 saturated carbocycles. The van der Waals surface area contributed by atoms with Crippen LogP contribution in [0.4, 0.5) is 5.00 Å². The van der Waals surface area contributed by atoms with Gasteiger partial charge in [-0.25, -0.2) is 0 Å². The summed E-state index contributed by atoms with van der Waals surface area (Å²) in [6.07, 6.45) is 0.737. The molecular weight excluding hydrogens is 334 g/mol. The molecule has 1 atom stereocenters. The number of nitro groups is 1. The second-order valence-corrected chi connectivity index (χ2v) is 6.28. The highest BCUT2D eigenvalue weighted by Gasteiger charge is 2.29. The van der Waals surface area contributed by atoms with E-state index >= 15 is 0 Å². The van der Waals surface area contributed by atoms with Crippen molar-refractivity contribution in [3.8, 4) is 0 Å². The third-order valence-electron chi connectivity index (χ3n) is 3.07. The van der Waals surface area contributed by atoms with Gasteiger partial charge in [0.05, 0.1) is 11.0 Å². The molecule has 0 spiro atoms. The van der Waals surface area contributed by atoms with Crippen LogP contribution in [0, 0.1) is 10.1 Å². The molecule has 104 valence electrons. The van der Waals surface area contributed by atoms with Crippen molar-refractivity contribution in [1.29, 1.82) is 0 Å². The molecule has 0 radical (unpaired) electrons. The Morgan fingerprint density at radius 1 is 1.68 bits per heavy atom. The van der Waals surface area contributed by atoms with Gasteiger partial charge in [-0.2, -0.15) is 0 Å². The lowest BCUT2D eigenvalue weighted by Gasteiger charge is -2.33. The Balaban J connectivity index is 2.13. The molecule has 0 bridgehead atoms. The molecular formula is C11H14BrN3O3S. The highest BCUT2D eigenvalue weighted by Crippen LogP contribution is 2.35. The minimum absolute atomic E-state index is 0.0406. The normalized spacial score (nSPS) is 20.3. The Hall–Kier alpha value is -0.990. The van der Waals surface area contributed by atoms with E-state index in [9.17, 15) is 14.9 Å². The summed E-state index contributed by atoms with van der Waals surface area (Å²) in [4.78, 5) is 25.1. The summed E-state index contributed by atoms with van der Waals surface area (Å²) < 4.78 is 0.506. The fourth-order valence-corrected chi connectivity index (χ4v) is 3.90. The number of hydrogen-bond acceptors (Lipinski definition) is 5. The fraction of sp³-hybridized carbons (Fsp3) is 0.545. The van der Waals surface area contributed by atoms with Gasteiger partial charge in [0.2, 0.25) is 5.91 Å². The molecule has 2 rings (SSSR count). The van der Waals surface area contributed by atoms with Crippen LogP contribution in [0.25, 0.3) is 0 Å². The third-order valence-corrected chi connectivity index (χ3v) is 5.01. The maximum Gasteiger partial charge on any atom is 0.338 e. The van der Waals surface area contributed by atoms with Gasteiger partial charge in [0.1, 0.15) is 4.47 Å². The van der Waals surface area contributed by atoms with Gasteiger partial charge < -0.3 is 5.32 Å². The van der Waals surface area contributed by atoms with E-state index in [2.05, 4.69) is 26.1 Å². The summed E-state index contributed by atoms with van der Waals surface area (Å²) in [6, 6.07) is 1.62. The van der Waals surface area contributed by atoms with Gasteiger partial charge in [0, 0.05) is 24.5 Å². The van der Waals surface area contributed by atoms with Crippen LogP contribution >= 0.6 is 27.3 Å². The fourth-order valence-electron chi connectivity index (χ4n) is 2.20. The largest absolute Gasteiger partial charge is 0.353 e. The molecule has 1 aromatic rings. The molecule has 1 aliphatic rings. The van der Waals surface area contributed by atoms with E-state index in [4.69, 9.17) is 0 Å². The van der Waals surface area contributed by atoms with Gasteiger partial charge in [-0.05, 0) is 28.4 Å². The molecule has 1 unspecified atom stereocenters. The van der Waals surface area contributed by atoms with E-state index in [1.807, 2.05) is 6.92 Å². The van der Waals surface area contributed by atoms with E-state index in [0.29, 0.717) is 17.6 Å². The smallest absolute Gasteiger partial charge is 0.338 e. The number of nitrogens with zero attached hydrogens (tertiary/aromatic N) is 2. The lowest BCUT2D eigenvalue weighted by atomic mass is 10.1. The molecule has 0 aromatic carbocycles. The molecule has 1 N–H and O–H groups in total. The number of piperazine rings is 1. The van der Waals surface area contributed by atoms with Crippen LogP contribution in [0.15, 0.2) is 10.5 Å². The zero-order chi connectivity index (χ0) is 14.0. The summed E-state index contributed by atoms with van der Waals surface area (Å²) in [6.45, 7) is 3.94. The molecule has 1 aliphatic heterocycles. The summed E-state index contributed by atoms with van der Waals surface area (Å²) in [5, 5.41) is 13.8. The molecule has 1 fully saturated rings. The Morgan fingerprint density at radius 3 is 3.00 bits per heavy atom. The SMILES string of the molecule is CCC1C(=O)NCCN1Cc1cc(Br)c([N+](=O)[O-])s1. The number of carbonyl (C=O) groups excluding carboxylic acids is 1. The van der Waals surface area contributed by atoms with Gasteiger partial charge in [-0.1, -0.05) is 18.3 Å². The van der Waals surface area contributed by atoms with E-state index in [-0.39, 0.29) is 17.0 Å². The Morgan fingerprint density at radius 2 is 2.42 bits per heavy atom. The van der Waals surface area contributed by atoms with Crippen LogP contribution in [-0.2, 0) is 11.3 Å². The molecule has 6 nitrogen and oxygen atoms in total. The average Bonchev–Trinajstić information content (AvgIpc) is 2.71. The van der Waals surface area contributed by atoms with Gasteiger partial charge in [0.15, 0.2) is 0 Å². The number of carbonyl (C=O) groups is 1. The highest BCUT2D eigenvalue weighted by atomic mass is 79.9. The first kappa shape index (κ1) is 14.4. The third kappa shape index (κ3) is 3.13. The van der Waals surface area contributed by atoms with Crippen LogP contribution in [0.1, 0.15) is 18.2 Å². The molecule has 8 heteroatoms. The Kier molecular flexibility index (Phi) is 4.54. The van der Waals surface area contributed by atoms with E-state index in [1.54, 1.807) is 6.07 Å². The van der Waals surface area contributed by atoms with Crippen molar-refractivity contribution in [2.75, 3.05) is 13.1 Å². The summed E-state index contributed by atoms with van der Waals surface area (Å²) in [5.74, 6) is 0.0406. The van der Waals surface area contributed by atoms with Crippen LogP contribution in [0.3, 0.4) is 0 Å². The van der Waals surface area contributed by atoms with Crippen molar-refractivity contribution in [2.24, 2.45) is 0 Å². The first-order chi connectivity index (χ1) is 9.02. The van der Waals surface area contributed by atoms with Crippen molar-refractivity contribution in [1.82, 2.24) is 10.2 Å². The van der Waals surface area contributed by atoms with Gasteiger partial charge in [-0.3, -0.25) is 19.8 Å². The van der Waals surface area contributed by atoms with Crippen molar-refractivity contribution >= 4 is 38.2 Å². The van der Waals surface area contributed by atoms with Crippen molar-refractivity contribution in [2.45, 2.75) is 25.9 Å². The van der Waals surface area contributed by atoms with Crippen LogP contribution in [-0.4, -0.2) is 34.9 Å². The van der Waals surface area contributed by atoms with Crippen molar-refractivity contribution in [3.05, 3.63) is 25.5 Å². The number of amides is 1. The van der Waals surface area contributed by atoms with Crippen molar-refractivity contribution < 1.29 is 9.72 Å². The van der Waals surface area contributed by atoms with Crippen molar-refractivity contribution in [3.63, 3.8) is 0 Å². The molecule has 1 aromatic heterocycles. The maximum absolute atomic E-state index is 11.7. The lowest BCUT2D eigenvalue weighted by Crippen LogP contribution is -2.54. The quantitative estimate of drug-likeness (QED) is 0.668. The topological polar surface area (TPSA) is 75.5 Å².